The fourth-order valence-electron chi connectivity index (χ4n) is 1.05. The minimum atomic E-state index is -0.510. The summed E-state index contributed by atoms with van der Waals surface area (Å²) in [5.41, 5.74) is 0.362. The molecule has 0 radical (unpaired) electrons. The normalized spacial score (nSPS) is 11.2. The summed E-state index contributed by atoms with van der Waals surface area (Å²) in [5.74, 6) is 0.457. The highest BCUT2D eigenvalue weighted by atomic mass is 16.6. The van der Waals surface area contributed by atoms with Crippen molar-refractivity contribution in [2.45, 2.75) is 6.92 Å². The van der Waals surface area contributed by atoms with Crippen LogP contribution in [0.4, 0.5) is 0 Å². The lowest BCUT2D eigenvalue weighted by atomic mass is 10.1. The molecule has 0 aliphatic carbocycles. The van der Waals surface area contributed by atoms with E-state index in [1.54, 1.807) is 12.1 Å². The Bertz CT molecular complexity index is 412. The van der Waals surface area contributed by atoms with Crippen LogP contribution in [0, 0.1) is 10.1 Å². The average Bonchev–Trinajstić information content (AvgIpc) is 2.20. The van der Waals surface area contributed by atoms with Crippen LogP contribution in [0.15, 0.2) is 23.9 Å². The maximum atomic E-state index is 10.4. The number of rotatable bonds is 3. The highest BCUT2D eigenvalue weighted by Crippen LogP contribution is 2.25. The van der Waals surface area contributed by atoms with Crippen molar-refractivity contribution >= 4 is 6.08 Å². The van der Waals surface area contributed by atoms with E-state index in [0.29, 0.717) is 11.3 Å². The molecule has 0 aromatic heterocycles. The second kappa shape index (κ2) is 4.45. The van der Waals surface area contributed by atoms with Crippen LogP contribution in [0.5, 0.6) is 11.5 Å². The minimum absolute atomic E-state index is 0.0320. The van der Waals surface area contributed by atoms with Gasteiger partial charge >= 0.3 is 0 Å². The van der Waals surface area contributed by atoms with E-state index in [-0.39, 0.29) is 11.4 Å². The topological polar surface area (TPSA) is 72.6 Å². The highest BCUT2D eigenvalue weighted by molar-refractivity contribution is 5.59. The predicted octanol–water partition coefficient (Wildman–Crippen LogP) is 2.04. The maximum absolute atomic E-state index is 10.4. The zero-order chi connectivity index (χ0) is 11.4. The zero-order valence-corrected chi connectivity index (χ0v) is 8.43. The Hall–Kier alpha value is -2.04. The fraction of sp³-hybridized carbons (Fsp3) is 0.200. The van der Waals surface area contributed by atoms with Crippen LogP contribution in [-0.2, 0) is 0 Å². The number of nitrogens with zero attached hydrogens (tertiary/aromatic N) is 1. The van der Waals surface area contributed by atoms with Crippen molar-refractivity contribution in [1.82, 2.24) is 0 Å². The summed E-state index contributed by atoms with van der Waals surface area (Å²) in [6.45, 7) is 1.36. The lowest BCUT2D eigenvalue weighted by Crippen LogP contribution is -1.93. The van der Waals surface area contributed by atoms with Gasteiger partial charge in [0.15, 0.2) is 0 Å². The van der Waals surface area contributed by atoms with Crippen molar-refractivity contribution in [2.24, 2.45) is 0 Å². The molecule has 0 spiro atoms. The number of phenolic OH excluding ortho intramolecular Hbond substituents is 1. The van der Waals surface area contributed by atoms with Crippen LogP contribution in [0.2, 0.25) is 0 Å². The van der Waals surface area contributed by atoms with Crippen LogP contribution in [0.3, 0.4) is 0 Å². The fourth-order valence-corrected chi connectivity index (χ4v) is 1.05. The third-order valence-corrected chi connectivity index (χ3v) is 1.89. The number of allylic oxidation sites excluding steroid dienone is 1. The number of ether oxygens (including phenoxy) is 1. The third kappa shape index (κ3) is 2.70. The smallest absolute Gasteiger partial charge is 0.243 e. The Morgan fingerprint density at radius 3 is 2.73 bits per heavy atom. The van der Waals surface area contributed by atoms with Gasteiger partial charge in [-0.2, -0.15) is 0 Å². The molecule has 0 unspecified atom stereocenters. The maximum Gasteiger partial charge on any atom is 0.243 e. The molecule has 15 heavy (non-hydrogen) atoms. The van der Waals surface area contributed by atoms with Gasteiger partial charge in [0.2, 0.25) is 5.70 Å². The molecule has 1 rings (SSSR count). The Morgan fingerprint density at radius 1 is 1.60 bits per heavy atom. The molecule has 0 aliphatic rings. The lowest BCUT2D eigenvalue weighted by Gasteiger charge is -2.02. The van der Waals surface area contributed by atoms with Gasteiger partial charge in [-0.15, -0.1) is 0 Å². The van der Waals surface area contributed by atoms with E-state index in [4.69, 9.17) is 4.74 Å². The van der Waals surface area contributed by atoms with Crippen LogP contribution >= 0.6 is 0 Å². The van der Waals surface area contributed by atoms with Crippen molar-refractivity contribution in [3.63, 3.8) is 0 Å². The van der Waals surface area contributed by atoms with Crippen LogP contribution in [-0.4, -0.2) is 17.1 Å². The molecular weight excluding hydrogens is 198 g/mol. The molecule has 80 valence electrons. The van der Waals surface area contributed by atoms with E-state index in [0.717, 1.165) is 0 Å². The van der Waals surface area contributed by atoms with E-state index in [2.05, 4.69) is 0 Å². The Kier molecular flexibility index (Phi) is 3.28. The average molecular weight is 209 g/mol. The van der Waals surface area contributed by atoms with E-state index in [1.807, 2.05) is 0 Å². The van der Waals surface area contributed by atoms with Crippen LogP contribution in [0.25, 0.3) is 6.08 Å². The second-order valence-electron chi connectivity index (χ2n) is 2.97. The van der Waals surface area contributed by atoms with Crippen molar-refractivity contribution in [1.29, 1.82) is 0 Å². The number of nitro groups is 1. The molecule has 0 bridgehead atoms. The number of benzene rings is 1. The first kappa shape index (κ1) is 11.0. The molecule has 0 aliphatic heterocycles. The first-order chi connectivity index (χ1) is 7.04. The number of hydrogen-bond acceptors (Lipinski definition) is 4. The summed E-state index contributed by atoms with van der Waals surface area (Å²) in [6, 6.07) is 4.58. The van der Waals surface area contributed by atoms with Gasteiger partial charge in [-0.25, -0.2) is 0 Å². The van der Waals surface area contributed by atoms with Gasteiger partial charge in [-0.3, -0.25) is 10.1 Å². The molecule has 5 nitrogen and oxygen atoms in total. The van der Waals surface area contributed by atoms with E-state index in [1.165, 1.54) is 26.2 Å². The monoisotopic (exact) mass is 209 g/mol. The van der Waals surface area contributed by atoms with Gasteiger partial charge in [0, 0.05) is 24.6 Å². The molecule has 0 amide bonds. The molecule has 1 aromatic rings. The third-order valence-electron chi connectivity index (χ3n) is 1.89. The molecule has 0 heterocycles. The summed E-state index contributed by atoms with van der Waals surface area (Å²) < 4.78 is 4.89. The Morgan fingerprint density at radius 2 is 2.27 bits per heavy atom. The minimum Gasteiger partial charge on any atom is -0.507 e. The summed E-state index contributed by atoms with van der Waals surface area (Å²) in [7, 11) is 1.48. The highest BCUT2D eigenvalue weighted by Gasteiger charge is 2.06. The van der Waals surface area contributed by atoms with Crippen molar-refractivity contribution in [3.05, 3.63) is 39.6 Å². The van der Waals surface area contributed by atoms with Crippen LogP contribution < -0.4 is 4.74 Å². The molecule has 0 saturated carbocycles. The first-order valence-electron chi connectivity index (χ1n) is 4.24. The van der Waals surface area contributed by atoms with E-state index >= 15 is 0 Å². The second-order valence-corrected chi connectivity index (χ2v) is 2.97. The Labute approximate surface area is 86.8 Å². The molecule has 0 fully saturated rings. The predicted molar refractivity (Wildman–Crippen MR) is 55.3 cm³/mol. The molecule has 1 aromatic carbocycles. The molecule has 5 heteroatoms. The number of phenols is 1. The SMILES string of the molecule is COc1ccc(C=C(C)[N+](=O)[O-])c(O)c1. The first-order valence-corrected chi connectivity index (χ1v) is 4.24. The van der Waals surface area contributed by atoms with Gasteiger partial charge in [-0.1, -0.05) is 0 Å². The Balaban J connectivity index is 3.07. The number of hydrogen-bond donors (Lipinski definition) is 1. The van der Waals surface area contributed by atoms with E-state index in [9.17, 15) is 15.2 Å². The van der Waals surface area contributed by atoms with Gasteiger partial charge in [0.1, 0.15) is 11.5 Å². The summed E-state index contributed by atoms with van der Waals surface area (Å²) in [5, 5.41) is 19.9. The molecule has 1 N–H and O–H groups in total. The van der Waals surface area contributed by atoms with Crippen LogP contribution in [0.1, 0.15) is 12.5 Å². The van der Waals surface area contributed by atoms with E-state index < -0.39 is 4.92 Å². The van der Waals surface area contributed by atoms with Gasteiger partial charge in [-0.05, 0) is 12.1 Å². The largest absolute Gasteiger partial charge is 0.507 e. The lowest BCUT2D eigenvalue weighted by molar-refractivity contribution is -0.422. The summed E-state index contributed by atoms with van der Waals surface area (Å²) >= 11 is 0. The number of aromatic hydroxyl groups is 1. The molecular formula is C10H11NO4. The van der Waals surface area contributed by atoms with Crippen molar-refractivity contribution in [2.75, 3.05) is 7.11 Å². The van der Waals surface area contributed by atoms with Crippen molar-refractivity contribution < 1.29 is 14.8 Å². The zero-order valence-electron chi connectivity index (χ0n) is 8.43. The summed E-state index contributed by atoms with van der Waals surface area (Å²) in [4.78, 5) is 9.86. The number of methoxy groups -OCH3 is 1. The standard InChI is InChI=1S/C10H11NO4/c1-7(11(13)14)5-8-3-4-9(15-2)6-10(8)12/h3-6,12H,1-2H3. The quantitative estimate of drug-likeness (QED) is 0.610. The van der Waals surface area contributed by atoms with Gasteiger partial charge in [0.05, 0.1) is 12.0 Å². The molecule has 0 saturated heterocycles. The van der Waals surface area contributed by atoms with Gasteiger partial charge in [0.25, 0.3) is 0 Å². The summed E-state index contributed by atoms with van der Waals surface area (Å²) in [6.07, 6.45) is 1.30. The molecule has 0 atom stereocenters. The van der Waals surface area contributed by atoms with Crippen molar-refractivity contribution in [3.8, 4) is 11.5 Å². The van der Waals surface area contributed by atoms with Gasteiger partial charge < -0.3 is 9.84 Å².